The number of halogens is 1. The zero-order chi connectivity index (χ0) is 28.6. The van der Waals surface area contributed by atoms with Crippen LogP contribution >= 0.6 is 0 Å². The fourth-order valence-corrected chi connectivity index (χ4v) is 3.52. The minimum absolute atomic E-state index is 0.0520. The Morgan fingerprint density at radius 1 is 1.16 bits per heavy atom. The highest BCUT2D eigenvalue weighted by molar-refractivity contribution is 5.98. The minimum atomic E-state index is -0.853. The molecule has 0 bridgehead atoms. The SMILES string of the molecule is CC(=O)NCCC[C@@H](Nc1nc(Nc2cnc(C)c(C)c2)c(C(N)=O)cc1F)[C@H](C)NC(=O)OC(C)(C)C. The summed E-state index contributed by atoms with van der Waals surface area (Å²) >= 11 is 0. The largest absolute Gasteiger partial charge is 0.444 e. The zero-order valence-electron chi connectivity index (χ0n) is 23.0. The number of anilines is 3. The first-order valence-electron chi connectivity index (χ1n) is 12.4. The van der Waals surface area contributed by atoms with E-state index in [2.05, 4.69) is 31.2 Å². The van der Waals surface area contributed by atoms with Gasteiger partial charge in [0.2, 0.25) is 5.91 Å². The summed E-state index contributed by atoms with van der Waals surface area (Å²) in [4.78, 5) is 44.3. The standard InChI is InChI=1S/C26H38FN7O4/c1-14-11-18(13-30-15(14)2)32-23-19(22(28)36)12-20(27)24(34-23)33-21(9-8-10-29-17(4)35)16(3)31-25(37)38-26(5,6)7/h11-13,16,21H,8-10H2,1-7H3,(H2,28,36)(H,29,35)(H,31,37)(H2,32,33,34)/t16-,21+/m0/s1. The molecule has 2 aromatic heterocycles. The van der Waals surface area contributed by atoms with Crippen LogP contribution in [-0.4, -0.2) is 52.1 Å². The zero-order valence-corrected chi connectivity index (χ0v) is 23.0. The lowest BCUT2D eigenvalue weighted by Crippen LogP contribution is -2.47. The molecule has 0 saturated heterocycles. The van der Waals surface area contributed by atoms with E-state index in [1.165, 1.54) is 6.92 Å². The molecule has 0 fully saturated rings. The second kappa shape index (κ2) is 13.0. The number of primary amides is 1. The highest BCUT2D eigenvalue weighted by Gasteiger charge is 2.25. The number of pyridine rings is 2. The number of amides is 3. The van der Waals surface area contributed by atoms with Gasteiger partial charge in [0.15, 0.2) is 11.6 Å². The van der Waals surface area contributed by atoms with Gasteiger partial charge in [0.1, 0.15) is 11.4 Å². The number of nitrogens with two attached hydrogens (primary N) is 1. The Morgan fingerprint density at radius 3 is 2.42 bits per heavy atom. The van der Waals surface area contributed by atoms with E-state index >= 15 is 4.39 Å². The Morgan fingerprint density at radius 2 is 1.84 bits per heavy atom. The fraction of sp³-hybridized carbons (Fsp3) is 0.500. The van der Waals surface area contributed by atoms with Crippen LogP contribution < -0.4 is 27.0 Å². The average Bonchev–Trinajstić information content (AvgIpc) is 2.78. The third kappa shape index (κ3) is 9.49. The van der Waals surface area contributed by atoms with Crippen molar-refractivity contribution in [1.29, 1.82) is 0 Å². The van der Waals surface area contributed by atoms with Crippen molar-refractivity contribution in [3.8, 4) is 0 Å². The second-order valence-electron chi connectivity index (χ2n) is 10.1. The highest BCUT2D eigenvalue weighted by Crippen LogP contribution is 2.25. The number of aryl methyl sites for hydroxylation is 2. The van der Waals surface area contributed by atoms with E-state index in [1.807, 2.05) is 19.9 Å². The molecule has 11 nitrogen and oxygen atoms in total. The van der Waals surface area contributed by atoms with Crippen molar-refractivity contribution in [2.24, 2.45) is 5.73 Å². The molecule has 2 heterocycles. The van der Waals surface area contributed by atoms with Gasteiger partial charge in [-0.25, -0.2) is 14.2 Å². The van der Waals surface area contributed by atoms with Crippen molar-refractivity contribution in [3.63, 3.8) is 0 Å². The van der Waals surface area contributed by atoms with Gasteiger partial charge in [0, 0.05) is 31.2 Å². The molecule has 12 heteroatoms. The van der Waals surface area contributed by atoms with E-state index in [0.29, 0.717) is 25.1 Å². The number of hydrogen-bond acceptors (Lipinski definition) is 8. The molecule has 0 aliphatic heterocycles. The maximum Gasteiger partial charge on any atom is 0.407 e. The number of rotatable bonds is 11. The van der Waals surface area contributed by atoms with Gasteiger partial charge in [-0.3, -0.25) is 14.6 Å². The first-order valence-corrected chi connectivity index (χ1v) is 12.4. The maximum atomic E-state index is 15.1. The lowest BCUT2D eigenvalue weighted by molar-refractivity contribution is -0.118. The molecule has 0 aromatic carbocycles. The molecule has 2 atom stereocenters. The van der Waals surface area contributed by atoms with Crippen LogP contribution in [0.2, 0.25) is 0 Å². The molecule has 0 saturated carbocycles. The fourth-order valence-electron chi connectivity index (χ4n) is 3.52. The molecule has 208 valence electrons. The predicted octanol–water partition coefficient (Wildman–Crippen LogP) is 3.69. The van der Waals surface area contributed by atoms with E-state index in [9.17, 15) is 14.4 Å². The summed E-state index contributed by atoms with van der Waals surface area (Å²) in [6, 6.07) is 1.81. The molecule has 0 aliphatic carbocycles. The number of carbonyl (C=O) groups excluding carboxylic acids is 3. The van der Waals surface area contributed by atoms with Crippen molar-refractivity contribution in [1.82, 2.24) is 20.6 Å². The number of aromatic nitrogens is 2. The van der Waals surface area contributed by atoms with Gasteiger partial charge in [0.05, 0.1) is 17.4 Å². The van der Waals surface area contributed by atoms with Gasteiger partial charge in [-0.05, 0) is 72.1 Å². The summed E-state index contributed by atoms with van der Waals surface area (Å²) in [7, 11) is 0. The summed E-state index contributed by atoms with van der Waals surface area (Å²) < 4.78 is 20.5. The van der Waals surface area contributed by atoms with Crippen molar-refractivity contribution >= 4 is 35.2 Å². The molecule has 0 aliphatic rings. The van der Waals surface area contributed by atoms with Gasteiger partial charge >= 0.3 is 6.09 Å². The van der Waals surface area contributed by atoms with Crippen molar-refractivity contribution in [2.45, 2.75) is 79.0 Å². The maximum absolute atomic E-state index is 15.1. The molecule has 6 N–H and O–H groups in total. The highest BCUT2D eigenvalue weighted by atomic mass is 19.1. The monoisotopic (exact) mass is 531 g/mol. The Bertz CT molecular complexity index is 1170. The summed E-state index contributed by atoms with van der Waals surface area (Å²) in [5, 5.41) is 11.5. The van der Waals surface area contributed by atoms with E-state index in [-0.39, 0.29) is 23.1 Å². The Labute approximate surface area is 222 Å². The van der Waals surface area contributed by atoms with Crippen LogP contribution in [0.15, 0.2) is 18.3 Å². The minimum Gasteiger partial charge on any atom is -0.444 e. The van der Waals surface area contributed by atoms with Crippen LogP contribution in [0.4, 0.5) is 26.5 Å². The van der Waals surface area contributed by atoms with Gasteiger partial charge in [-0.1, -0.05) is 0 Å². The van der Waals surface area contributed by atoms with Gasteiger partial charge in [-0.2, -0.15) is 0 Å². The molecular weight excluding hydrogens is 493 g/mol. The normalized spacial score (nSPS) is 12.7. The quantitative estimate of drug-likeness (QED) is 0.274. The summed E-state index contributed by atoms with van der Waals surface area (Å²) in [6.07, 6.45) is 1.93. The molecule has 3 amide bonds. The lowest BCUT2D eigenvalue weighted by atomic mass is 10.0. The van der Waals surface area contributed by atoms with E-state index in [1.54, 1.807) is 33.9 Å². The van der Waals surface area contributed by atoms with Crippen LogP contribution in [0.5, 0.6) is 0 Å². The van der Waals surface area contributed by atoms with Gasteiger partial charge < -0.3 is 31.7 Å². The Hall–Kier alpha value is -3.96. The Kier molecular flexibility index (Phi) is 10.4. The third-order valence-corrected chi connectivity index (χ3v) is 5.58. The molecular formula is C26H38FN7O4. The molecule has 0 radical (unpaired) electrons. The number of carbonyl (C=O) groups is 3. The van der Waals surface area contributed by atoms with Crippen LogP contribution in [0, 0.1) is 19.7 Å². The lowest BCUT2D eigenvalue weighted by Gasteiger charge is -2.28. The van der Waals surface area contributed by atoms with Crippen LogP contribution in [0.25, 0.3) is 0 Å². The smallest absolute Gasteiger partial charge is 0.407 e. The van der Waals surface area contributed by atoms with E-state index < -0.39 is 35.5 Å². The molecule has 0 spiro atoms. The topological polar surface area (TPSA) is 160 Å². The number of alkyl carbamates (subject to hydrolysis) is 1. The average molecular weight is 532 g/mol. The van der Waals surface area contributed by atoms with E-state index in [4.69, 9.17) is 10.5 Å². The predicted molar refractivity (Wildman–Crippen MR) is 144 cm³/mol. The van der Waals surface area contributed by atoms with Crippen molar-refractivity contribution < 1.29 is 23.5 Å². The van der Waals surface area contributed by atoms with Crippen LogP contribution in [-0.2, 0) is 9.53 Å². The first kappa shape index (κ1) is 30.3. The number of ether oxygens (including phenoxy) is 1. The summed E-state index contributed by atoms with van der Waals surface area (Å²) in [6.45, 7) is 12.6. The molecule has 2 rings (SSSR count). The Balaban J connectivity index is 2.34. The summed E-state index contributed by atoms with van der Waals surface area (Å²) in [5.74, 6) is -1.90. The van der Waals surface area contributed by atoms with Crippen LogP contribution in [0.1, 0.15) is 69.1 Å². The van der Waals surface area contributed by atoms with E-state index in [0.717, 1.165) is 17.3 Å². The van der Waals surface area contributed by atoms with Gasteiger partial charge in [-0.15, -0.1) is 0 Å². The summed E-state index contributed by atoms with van der Waals surface area (Å²) in [5.41, 5.74) is 6.96. The molecule has 38 heavy (non-hydrogen) atoms. The second-order valence-corrected chi connectivity index (χ2v) is 10.1. The first-order chi connectivity index (χ1) is 17.7. The number of hydrogen-bond donors (Lipinski definition) is 5. The number of nitrogens with one attached hydrogen (secondary N) is 4. The molecule has 2 aromatic rings. The van der Waals surface area contributed by atoms with Crippen molar-refractivity contribution in [3.05, 3.63) is 41.0 Å². The van der Waals surface area contributed by atoms with Crippen molar-refractivity contribution in [2.75, 3.05) is 17.2 Å². The third-order valence-electron chi connectivity index (χ3n) is 5.58. The van der Waals surface area contributed by atoms with Gasteiger partial charge in [0.25, 0.3) is 5.91 Å². The molecule has 0 unspecified atom stereocenters. The number of nitrogens with zero attached hydrogens (tertiary/aromatic N) is 2. The van der Waals surface area contributed by atoms with Crippen LogP contribution in [0.3, 0.4) is 0 Å².